The molecule has 1 heterocycles. The first-order chi connectivity index (χ1) is 13.6. The number of carbonyl (C=O) groups is 4. The van der Waals surface area contributed by atoms with Crippen molar-refractivity contribution in [2.24, 2.45) is 0 Å². The van der Waals surface area contributed by atoms with E-state index in [4.69, 9.17) is 4.74 Å². The van der Waals surface area contributed by atoms with Crippen molar-refractivity contribution in [3.63, 3.8) is 0 Å². The largest absolute Gasteiger partial charge is 0.454 e. The van der Waals surface area contributed by atoms with Crippen molar-refractivity contribution in [2.45, 2.75) is 57.4 Å². The standard InChI is InChI=1S/C21H27N3O5/c1-20(2,3)14-6-8-15(9-7-14)22-16(25)13-29-17(26)12-24-18(27)21(23-19(24)28)10-4-5-11-21/h6-9H,4-5,10-13H2,1-3H3,(H,22,25)(H,23,28). The maximum absolute atomic E-state index is 12.5. The Bertz CT molecular complexity index is 820. The Kier molecular flexibility index (Phi) is 5.64. The lowest BCUT2D eigenvalue weighted by Crippen LogP contribution is -2.44. The molecule has 2 fully saturated rings. The van der Waals surface area contributed by atoms with E-state index in [2.05, 4.69) is 31.4 Å². The van der Waals surface area contributed by atoms with Gasteiger partial charge in [-0.2, -0.15) is 0 Å². The number of nitrogens with zero attached hydrogens (tertiary/aromatic N) is 1. The Hall–Kier alpha value is -2.90. The number of ether oxygens (including phenoxy) is 1. The molecule has 0 bridgehead atoms. The highest BCUT2D eigenvalue weighted by Crippen LogP contribution is 2.34. The van der Waals surface area contributed by atoms with E-state index in [9.17, 15) is 19.2 Å². The van der Waals surface area contributed by atoms with Gasteiger partial charge in [-0.1, -0.05) is 45.7 Å². The molecule has 0 radical (unpaired) electrons. The third-order valence-electron chi connectivity index (χ3n) is 5.39. The van der Waals surface area contributed by atoms with Gasteiger partial charge in [0.1, 0.15) is 12.1 Å². The molecule has 4 amide bonds. The smallest absolute Gasteiger partial charge is 0.326 e. The summed E-state index contributed by atoms with van der Waals surface area (Å²) in [4.78, 5) is 49.5. The zero-order valence-electron chi connectivity index (χ0n) is 17.0. The minimum Gasteiger partial charge on any atom is -0.454 e. The maximum Gasteiger partial charge on any atom is 0.326 e. The molecular weight excluding hydrogens is 374 g/mol. The zero-order chi connectivity index (χ0) is 21.2. The quantitative estimate of drug-likeness (QED) is 0.582. The van der Waals surface area contributed by atoms with E-state index in [1.807, 2.05) is 12.1 Å². The molecule has 29 heavy (non-hydrogen) atoms. The van der Waals surface area contributed by atoms with Crippen LogP contribution in [0.5, 0.6) is 0 Å². The fourth-order valence-corrected chi connectivity index (χ4v) is 3.71. The van der Waals surface area contributed by atoms with Crippen molar-refractivity contribution in [3.8, 4) is 0 Å². The predicted octanol–water partition coefficient (Wildman–Crippen LogP) is 2.33. The highest BCUT2D eigenvalue weighted by atomic mass is 16.5. The number of rotatable bonds is 5. The van der Waals surface area contributed by atoms with Gasteiger partial charge in [0, 0.05) is 5.69 Å². The molecule has 1 aromatic carbocycles. The van der Waals surface area contributed by atoms with E-state index in [1.54, 1.807) is 12.1 Å². The molecule has 1 aromatic rings. The Morgan fingerprint density at radius 2 is 1.76 bits per heavy atom. The van der Waals surface area contributed by atoms with Crippen LogP contribution in [0.25, 0.3) is 0 Å². The average Bonchev–Trinajstić information content (AvgIpc) is 3.21. The first kappa shape index (κ1) is 20.8. The van der Waals surface area contributed by atoms with Crippen LogP contribution in [0.2, 0.25) is 0 Å². The summed E-state index contributed by atoms with van der Waals surface area (Å²) in [6.45, 7) is 5.30. The summed E-state index contributed by atoms with van der Waals surface area (Å²) >= 11 is 0. The number of hydrogen-bond acceptors (Lipinski definition) is 5. The summed E-state index contributed by atoms with van der Waals surface area (Å²) in [7, 11) is 0. The first-order valence-corrected chi connectivity index (χ1v) is 9.81. The molecule has 1 aliphatic heterocycles. The number of urea groups is 1. The second-order valence-corrected chi connectivity index (χ2v) is 8.65. The molecule has 3 rings (SSSR count). The van der Waals surface area contributed by atoms with Crippen LogP contribution in [0, 0.1) is 0 Å². The van der Waals surface area contributed by atoms with E-state index in [0.29, 0.717) is 18.5 Å². The molecule has 156 valence electrons. The zero-order valence-corrected chi connectivity index (χ0v) is 17.0. The monoisotopic (exact) mass is 401 g/mol. The van der Waals surface area contributed by atoms with E-state index in [-0.39, 0.29) is 11.3 Å². The molecule has 0 aromatic heterocycles. The van der Waals surface area contributed by atoms with Crippen molar-refractivity contribution in [1.82, 2.24) is 10.2 Å². The van der Waals surface area contributed by atoms with Gasteiger partial charge in [-0.05, 0) is 36.0 Å². The highest BCUT2D eigenvalue weighted by Gasteiger charge is 2.52. The Morgan fingerprint density at radius 3 is 2.34 bits per heavy atom. The lowest BCUT2D eigenvalue weighted by atomic mass is 9.87. The van der Waals surface area contributed by atoms with Crippen molar-refractivity contribution in [2.75, 3.05) is 18.5 Å². The van der Waals surface area contributed by atoms with Gasteiger partial charge >= 0.3 is 12.0 Å². The minimum absolute atomic E-state index is 0.00838. The van der Waals surface area contributed by atoms with Crippen LogP contribution < -0.4 is 10.6 Å². The third kappa shape index (κ3) is 4.58. The molecule has 2 N–H and O–H groups in total. The minimum atomic E-state index is -0.867. The number of hydrogen-bond donors (Lipinski definition) is 2. The molecule has 2 aliphatic rings. The molecule has 8 heteroatoms. The molecule has 1 aliphatic carbocycles. The van der Waals surface area contributed by atoms with Crippen molar-refractivity contribution in [1.29, 1.82) is 0 Å². The van der Waals surface area contributed by atoms with Gasteiger partial charge in [-0.3, -0.25) is 19.3 Å². The Labute approximate surface area is 170 Å². The summed E-state index contributed by atoms with van der Waals surface area (Å²) in [6.07, 6.45) is 2.89. The van der Waals surface area contributed by atoms with Crippen LogP contribution in [0.4, 0.5) is 10.5 Å². The molecule has 0 unspecified atom stereocenters. The predicted molar refractivity (Wildman–Crippen MR) is 106 cm³/mol. The first-order valence-electron chi connectivity index (χ1n) is 9.81. The number of carbonyl (C=O) groups excluding carboxylic acids is 4. The second-order valence-electron chi connectivity index (χ2n) is 8.65. The van der Waals surface area contributed by atoms with E-state index >= 15 is 0 Å². The second kappa shape index (κ2) is 7.85. The molecule has 1 saturated heterocycles. The summed E-state index contributed by atoms with van der Waals surface area (Å²) in [5, 5.41) is 5.35. The lowest BCUT2D eigenvalue weighted by molar-refractivity contribution is -0.150. The third-order valence-corrected chi connectivity index (χ3v) is 5.39. The van der Waals surface area contributed by atoms with Gasteiger partial charge in [0.15, 0.2) is 6.61 Å². The topological polar surface area (TPSA) is 105 Å². The molecule has 1 spiro atoms. The van der Waals surface area contributed by atoms with Crippen LogP contribution in [0.15, 0.2) is 24.3 Å². The number of anilines is 1. The molecule has 1 saturated carbocycles. The van der Waals surface area contributed by atoms with E-state index < -0.39 is 36.6 Å². The average molecular weight is 401 g/mol. The Morgan fingerprint density at radius 1 is 1.14 bits per heavy atom. The van der Waals surface area contributed by atoms with Crippen LogP contribution in [0.1, 0.15) is 52.0 Å². The molecular formula is C21H27N3O5. The summed E-state index contributed by atoms with van der Waals surface area (Å²) < 4.78 is 4.94. The van der Waals surface area contributed by atoms with Gasteiger partial charge in [-0.25, -0.2) is 4.79 Å². The van der Waals surface area contributed by atoms with Crippen LogP contribution in [-0.2, 0) is 24.5 Å². The number of esters is 1. The SMILES string of the molecule is CC(C)(C)c1ccc(NC(=O)COC(=O)CN2C(=O)NC3(CCCC3)C2=O)cc1. The summed E-state index contributed by atoms with van der Waals surface area (Å²) in [5.41, 5.74) is 0.870. The molecule has 0 atom stereocenters. The molecule has 8 nitrogen and oxygen atoms in total. The van der Waals surface area contributed by atoms with Gasteiger partial charge < -0.3 is 15.4 Å². The fourth-order valence-electron chi connectivity index (χ4n) is 3.71. The van der Waals surface area contributed by atoms with Gasteiger partial charge in [-0.15, -0.1) is 0 Å². The summed E-state index contributed by atoms with van der Waals surface area (Å²) in [6, 6.07) is 6.84. The maximum atomic E-state index is 12.5. The lowest BCUT2D eigenvalue weighted by Gasteiger charge is -2.19. The number of benzene rings is 1. The number of imide groups is 1. The van der Waals surface area contributed by atoms with Gasteiger partial charge in [0.05, 0.1) is 0 Å². The normalized spacial score (nSPS) is 18.1. The van der Waals surface area contributed by atoms with Gasteiger partial charge in [0.2, 0.25) is 0 Å². The Balaban J connectivity index is 1.47. The van der Waals surface area contributed by atoms with Crippen molar-refractivity contribution in [3.05, 3.63) is 29.8 Å². The summed E-state index contributed by atoms with van der Waals surface area (Å²) in [5.74, 6) is -1.69. The van der Waals surface area contributed by atoms with Crippen molar-refractivity contribution < 1.29 is 23.9 Å². The van der Waals surface area contributed by atoms with Gasteiger partial charge in [0.25, 0.3) is 11.8 Å². The fraction of sp³-hybridized carbons (Fsp3) is 0.524. The highest BCUT2D eigenvalue weighted by molar-refractivity contribution is 6.09. The van der Waals surface area contributed by atoms with Crippen LogP contribution >= 0.6 is 0 Å². The number of amides is 4. The number of nitrogens with one attached hydrogen (secondary N) is 2. The van der Waals surface area contributed by atoms with Crippen LogP contribution in [0.3, 0.4) is 0 Å². The van der Waals surface area contributed by atoms with Crippen LogP contribution in [-0.4, -0.2) is 47.4 Å². The van der Waals surface area contributed by atoms with E-state index in [0.717, 1.165) is 23.3 Å². The van der Waals surface area contributed by atoms with E-state index in [1.165, 1.54) is 0 Å². The van der Waals surface area contributed by atoms with Crippen molar-refractivity contribution >= 4 is 29.5 Å².